The number of carbonyl (C=O) groups is 3. The molecule has 0 saturated heterocycles. The van der Waals surface area contributed by atoms with Crippen LogP contribution >= 0.6 is 0 Å². The number of carboxylic acids is 1. The number of ether oxygens (including phenoxy) is 2. The lowest BCUT2D eigenvalue weighted by atomic mass is 9.96. The number of amides is 1. The molecule has 7 nitrogen and oxygen atoms in total. The van der Waals surface area contributed by atoms with E-state index in [4.69, 9.17) is 14.6 Å². The van der Waals surface area contributed by atoms with E-state index in [1.54, 1.807) is 45.0 Å². The lowest BCUT2D eigenvalue weighted by Crippen LogP contribution is -2.26. The van der Waals surface area contributed by atoms with Crippen molar-refractivity contribution in [2.75, 3.05) is 5.32 Å². The van der Waals surface area contributed by atoms with Gasteiger partial charge in [0.05, 0.1) is 11.8 Å². The van der Waals surface area contributed by atoms with Crippen molar-refractivity contribution in [2.45, 2.75) is 46.3 Å². The summed E-state index contributed by atoms with van der Waals surface area (Å²) in [6.07, 6.45) is -1.30. The summed E-state index contributed by atoms with van der Waals surface area (Å²) in [7, 11) is 0. The minimum Gasteiger partial charge on any atom is -0.481 e. The van der Waals surface area contributed by atoms with Crippen LogP contribution in [0, 0.1) is 5.92 Å². The van der Waals surface area contributed by atoms with Gasteiger partial charge in [-0.05, 0) is 24.1 Å². The predicted molar refractivity (Wildman–Crippen MR) is 87.6 cm³/mol. The number of carbonyl (C=O) groups excluding carboxylic acids is 2. The number of carboxylic acid groups (broad SMARTS) is 1. The maximum absolute atomic E-state index is 11.7. The molecule has 0 fully saturated rings. The number of hydrogen-bond acceptors (Lipinski definition) is 5. The second-order valence-corrected chi connectivity index (χ2v) is 5.61. The third kappa shape index (κ3) is 5.91. The Morgan fingerprint density at radius 3 is 2.12 bits per heavy atom. The molecule has 2 atom stereocenters. The minimum atomic E-state index is -1.00. The Hall–Kier alpha value is -2.57. The number of esters is 1. The molecule has 0 aliphatic carbocycles. The van der Waals surface area contributed by atoms with Crippen LogP contribution in [0.3, 0.4) is 0 Å². The molecule has 132 valence electrons. The summed E-state index contributed by atoms with van der Waals surface area (Å²) in [6, 6.07) is 6.46. The van der Waals surface area contributed by atoms with Crippen LogP contribution in [-0.2, 0) is 19.1 Å². The Labute approximate surface area is 141 Å². The SMILES string of the molecule is CC[C@@H](C(=O)O)c1ccc(NC(=O)O[C@H](C)OC(=O)C(C)C)cc1. The van der Waals surface area contributed by atoms with Crippen molar-refractivity contribution in [3.8, 4) is 0 Å². The van der Waals surface area contributed by atoms with E-state index in [0.29, 0.717) is 17.7 Å². The summed E-state index contributed by atoms with van der Waals surface area (Å²) >= 11 is 0. The number of anilines is 1. The normalized spacial score (nSPS) is 13.0. The van der Waals surface area contributed by atoms with E-state index in [1.165, 1.54) is 6.92 Å². The Morgan fingerprint density at radius 2 is 1.67 bits per heavy atom. The lowest BCUT2D eigenvalue weighted by Gasteiger charge is -2.16. The van der Waals surface area contributed by atoms with Crippen LogP contribution < -0.4 is 5.32 Å². The molecule has 0 aliphatic heterocycles. The Balaban J connectivity index is 2.58. The van der Waals surface area contributed by atoms with Crippen molar-refractivity contribution in [1.82, 2.24) is 0 Å². The first-order valence-corrected chi connectivity index (χ1v) is 7.75. The fourth-order valence-corrected chi connectivity index (χ4v) is 1.97. The van der Waals surface area contributed by atoms with E-state index in [1.807, 2.05) is 0 Å². The van der Waals surface area contributed by atoms with Crippen LogP contribution in [0.4, 0.5) is 10.5 Å². The second kappa shape index (κ2) is 8.90. The molecular weight excluding hydrogens is 314 g/mol. The maximum Gasteiger partial charge on any atom is 0.414 e. The highest BCUT2D eigenvalue weighted by atomic mass is 16.7. The number of rotatable bonds is 7. The van der Waals surface area contributed by atoms with Crippen LogP contribution in [0.2, 0.25) is 0 Å². The topological polar surface area (TPSA) is 102 Å². The van der Waals surface area contributed by atoms with Gasteiger partial charge in [-0.25, -0.2) is 4.79 Å². The van der Waals surface area contributed by atoms with Gasteiger partial charge in [-0.1, -0.05) is 32.9 Å². The van der Waals surface area contributed by atoms with Gasteiger partial charge in [0, 0.05) is 12.6 Å². The predicted octanol–water partition coefficient (Wildman–Crippen LogP) is 3.36. The third-order valence-corrected chi connectivity index (χ3v) is 3.29. The molecule has 0 unspecified atom stereocenters. The van der Waals surface area contributed by atoms with Crippen LogP contribution in [0.5, 0.6) is 0 Å². The Bertz CT molecular complexity index is 581. The van der Waals surface area contributed by atoms with E-state index in [0.717, 1.165) is 0 Å². The summed E-state index contributed by atoms with van der Waals surface area (Å²) in [6.45, 7) is 6.60. The zero-order chi connectivity index (χ0) is 18.3. The number of nitrogens with one attached hydrogen (secondary N) is 1. The van der Waals surface area contributed by atoms with Crippen LogP contribution in [0.25, 0.3) is 0 Å². The van der Waals surface area contributed by atoms with Crippen LogP contribution in [0.15, 0.2) is 24.3 Å². The van der Waals surface area contributed by atoms with Gasteiger partial charge in [0.25, 0.3) is 0 Å². The molecular formula is C17H23NO6. The number of benzene rings is 1. The van der Waals surface area contributed by atoms with E-state index in [2.05, 4.69) is 5.32 Å². The lowest BCUT2D eigenvalue weighted by molar-refractivity contribution is -0.168. The summed E-state index contributed by atoms with van der Waals surface area (Å²) in [5.74, 6) is -2.24. The van der Waals surface area contributed by atoms with Gasteiger partial charge in [0.15, 0.2) is 0 Å². The zero-order valence-electron chi connectivity index (χ0n) is 14.2. The standard InChI is InChI=1S/C17H23NO6/c1-5-14(15(19)20)12-6-8-13(9-7-12)18-17(22)24-11(4)23-16(21)10(2)3/h6-11,14H,5H2,1-4H3,(H,18,22)(H,19,20)/t11-,14-/m1/s1. The van der Waals surface area contributed by atoms with E-state index in [-0.39, 0.29) is 5.92 Å². The van der Waals surface area contributed by atoms with E-state index in [9.17, 15) is 14.4 Å². The number of hydrogen-bond donors (Lipinski definition) is 2. The fraction of sp³-hybridized carbons (Fsp3) is 0.471. The molecule has 24 heavy (non-hydrogen) atoms. The smallest absolute Gasteiger partial charge is 0.414 e. The monoisotopic (exact) mass is 337 g/mol. The van der Waals surface area contributed by atoms with Crippen molar-refractivity contribution in [3.63, 3.8) is 0 Å². The summed E-state index contributed by atoms with van der Waals surface area (Å²) in [5, 5.41) is 11.6. The number of aliphatic carboxylic acids is 1. The van der Waals surface area contributed by atoms with Crippen molar-refractivity contribution in [1.29, 1.82) is 0 Å². The quantitative estimate of drug-likeness (QED) is 0.584. The van der Waals surface area contributed by atoms with Gasteiger partial charge in [-0.3, -0.25) is 14.9 Å². The van der Waals surface area contributed by atoms with Crippen molar-refractivity contribution in [2.24, 2.45) is 5.92 Å². The highest BCUT2D eigenvalue weighted by Crippen LogP contribution is 2.21. The second-order valence-electron chi connectivity index (χ2n) is 5.61. The minimum absolute atomic E-state index is 0.313. The van der Waals surface area contributed by atoms with Gasteiger partial charge >= 0.3 is 18.0 Å². The van der Waals surface area contributed by atoms with Crippen molar-refractivity contribution >= 4 is 23.7 Å². The molecule has 1 amide bonds. The average molecular weight is 337 g/mol. The largest absolute Gasteiger partial charge is 0.481 e. The molecule has 7 heteroatoms. The highest BCUT2D eigenvalue weighted by molar-refractivity contribution is 5.85. The van der Waals surface area contributed by atoms with E-state index < -0.39 is 30.2 Å². The van der Waals surface area contributed by atoms with Gasteiger partial charge in [0.2, 0.25) is 6.29 Å². The molecule has 0 aromatic heterocycles. The first kappa shape index (κ1) is 19.5. The van der Waals surface area contributed by atoms with Gasteiger partial charge in [-0.15, -0.1) is 0 Å². The highest BCUT2D eigenvalue weighted by Gasteiger charge is 2.18. The molecule has 0 spiro atoms. The molecule has 0 bridgehead atoms. The van der Waals surface area contributed by atoms with Crippen molar-refractivity contribution in [3.05, 3.63) is 29.8 Å². The summed E-state index contributed by atoms with van der Waals surface area (Å²) in [4.78, 5) is 34.3. The maximum atomic E-state index is 11.7. The molecule has 0 heterocycles. The summed E-state index contributed by atoms with van der Waals surface area (Å²) < 4.78 is 9.85. The van der Waals surface area contributed by atoms with Crippen LogP contribution in [0.1, 0.15) is 45.6 Å². The first-order valence-electron chi connectivity index (χ1n) is 7.75. The molecule has 0 aliphatic rings. The first-order chi connectivity index (χ1) is 11.2. The van der Waals surface area contributed by atoms with Crippen molar-refractivity contribution < 1.29 is 29.0 Å². The average Bonchev–Trinajstić information content (AvgIpc) is 2.48. The molecule has 2 N–H and O–H groups in total. The third-order valence-electron chi connectivity index (χ3n) is 3.29. The molecule has 0 radical (unpaired) electrons. The molecule has 1 rings (SSSR count). The zero-order valence-corrected chi connectivity index (χ0v) is 14.2. The molecule has 0 saturated carbocycles. The van der Waals surface area contributed by atoms with E-state index >= 15 is 0 Å². The summed E-state index contributed by atoms with van der Waals surface area (Å²) in [5.41, 5.74) is 1.11. The molecule has 1 aromatic rings. The van der Waals surface area contributed by atoms with Gasteiger partial charge in [-0.2, -0.15) is 0 Å². The van der Waals surface area contributed by atoms with Gasteiger partial charge in [0.1, 0.15) is 0 Å². The Kier molecular flexibility index (Phi) is 7.23. The Morgan fingerprint density at radius 1 is 1.08 bits per heavy atom. The van der Waals surface area contributed by atoms with Crippen LogP contribution in [-0.4, -0.2) is 29.4 Å². The van der Waals surface area contributed by atoms with Gasteiger partial charge < -0.3 is 14.6 Å². The fourth-order valence-electron chi connectivity index (χ4n) is 1.97. The molecule has 1 aromatic carbocycles.